The van der Waals surface area contributed by atoms with Crippen LogP contribution in [0.5, 0.6) is 0 Å². The van der Waals surface area contributed by atoms with E-state index in [4.69, 9.17) is 0 Å². The Balaban J connectivity index is 1.55. The molecule has 0 aliphatic heterocycles. The SMILES string of the molecule is C=CC[C@]1(C#N)[C@H]2CC[C@H]2[C@H]2[C@@H]3CC[C@]4(O)C[C@@H](O)CC[C@]4(C)[C@H]3CC[C@@]21C. The fourth-order valence-corrected chi connectivity index (χ4v) is 9.65. The molecule has 3 heteroatoms. The first-order chi connectivity index (χ1) is 13.3. The molecule has 154 valence electrons. The molecule has 0 radical (unpaired) electrons. The van der Waals surface area contributed by atoms with Gasteiger partial charge in [-0.05, 0) is 98.2 Å². The second-order valence-corrected chi connectivity index (χ2v) is 11.6. The highest BCUT2D eigenvalue weighted by atomic mass is 16.3. The zero-order chi connectivity index (χ0) is 19.9. The summed E-state index contributed by atoms with van der Waals surface area (Å²) in [5, 5.41) is 32.3. The van der Waals surface area contributed by atoms with E-state index in [1.807, 2.05) is 6.08 Å². The number of fused-ring (bicyclic) bond motifs is 7. The Morgan fingerprint density at radius 3 is 2.36 bits per heavy atom. The van der Waals surface area contributed by atoms with Crippen LogP contribution in [0.3, 0.4) is 0 Å². The average molecular weight is 384 g/mol. The standard InChI is InChI=1S/C25H37NO2/c1-4-10-24(15-26)20-6-5-17(20)21-18-8-13-25(28)14-16(27)7-11-22(25,2)19(18)9-12-23(21,24)3/h4,16-21,27-28H,1,5-14H2,2-3H3/t16-,17+,18+,19-,20-,21-,22+,23-,24-,25-/m0/s1. The van der Waals surface area contributed by atoms with Crippen LogP contribution in [-0.4, -0.2) is 21.9 Å². The lowest BCUT2D eigenvalue weighted by molar-refractivity contribution is -0.223. The van der Waals surface area contributed by atoms with E-state index in [0.717, 1.165) is 44.9 Å². The van der Waals surface area contributed by atoms with Crippen LogP contribution in [0.15, 0.2) is 12.7 Å². The molecule has 0 spiro atoms. The van der Waals surface area contributed by atoms with Crippen molar-refractivity contribution in [2.24, 2.45) is 45.8 Å². The first-order valence-corrected chi connectivity index (χ1v) is 11.7. The molecule has 0 unspecified atom stereocenters. The molecule has 10 atom stereocenters. The molecule has 0 saturated heterocycles. The Morgan fingerprint density at radius 2 is 1.71 bits per heavy atom. The monoisotopic (exact) mass is 383 g/mol. The van der Waals surface area contributed by atoms with Gasteiger partial charge in [-0.1, -0.05) is 19.9 Å². The van der Waals surface area contributed by atoms with Gasteiger partial charge in [0.25, 0.3) is 0 Å². The van der Waals surface area contributed by atoms with Gasteiger partial charge < -0.3 is 10.2 Å². The molecular weight excluding hydrogens is 346 g/mol. The van der Waals surface area contributed by atoms with Crippen molar-refractivity contribution in [3.63, 3.8) is 0 Å². The highest BCUT2D eigenvalue weighted by molar-refractivity contribution is 5.28. The number of aliphatic hydroxyl groups excluding tert-OH is 1. The van der Waals surface area contributed by atoms with Gasteiger partial charge in [0, 0.05) is 6.42 Å². The first kappa shape index (κ1) is 19.1. The third-order valence-corrected chi connectivity index (χ3v) is 11.1. The lowest BCUT2D eigenvalue weighted by Gasteiger charge is -2.64. The topological polar surface area (TPSA) is 64.2 Å². The summed E-state index contributed by atoms with van der Waals surface area (Å²) in [4.78, 5) is 0. The number of hydrogen-bond donors (Lipinski definition) is 2. The molecular formula is C25H37NO2. The molecule has 0 aromatic rings. The third-order valence-electron chi connectivity index (χ3n) is 11.1. The molecule has 0 heterocycles. The van der Waals surface area contributed by atoms with Gasteiger partial charge in [0.1, 0.15) is 0 Å². The number of hydrogen-bond acceptors (Lipinski definition) is 3. The Morgan fingerprint density at radius 1 is 1.00 bits per heavy atom. The zero-order valence-corrected chi connectivity index (χ0v) is 17.7. The van der Waals surface area contributed by atoms with Crippen molar-refractivity contribution in [3.05, 3.63) is 12.7 Å². The lowest BCUT2D eigenvalue weighted by atomic mass is 9.41. The first-order valence-electron chi connectivity index (χ1n) is 11.7. The number of aliphatic hydroxyl groups is 2. The van der Waals surface area contributed by atoms with Gasteiger partial charge >= 0.3 is 0 Å². The normalized spacial score (nSPS) is 59.7. The molecule has 5 aliphatic carbocycles. The van der Waals surface area contributed by atoms with E-state index in [0.29, 0.717) is 36.0 Å². The largest absolute Gasteiger partial charge is 0.393 e. The fraction of sp³-hybridized carbons (Fsp3) is 0.880. The minimum absolute atomic E-state index is 0.0773. The summed E-state index contributed by atoms with van der Waals surface area (Å²) in [7, 11) is 0. The van der Waals surface area contributed by atoms with Crippen molar-refractivity contribution in [2.75, 3.05) is 0 Å². The van der Waals surface area contributed by atoms with Crippen LogP contribution in [0.4, 0.5) is 0 Å². The van der Waals surface area contributed by atoms with E-state index >= 15 is 0 Å². The van der Waals surface area contributed by atoms with Crippen LogP contribution in [-0.2, 0) is 0 Å². The average Bonchev–Trinajstić information content (AvgIpc) is 2.77. The summed E-state index contributed by atoms with van der Waals surface area (Å²) in [5.74, 6) is 3.04. The Hall–Kier alpha value is -0.850. The summed E-state index contributed by atoms with van der Waals surface area (Å²) < 4.78 is 0. The molecule has 3 nitrogen and oxygen atoms in total. The lowest BCUT2D eigenvalue weighted by Crippen LogP contribution is -2.63. The van der Waals surface area contributed by atoms with Crippen LogP contribution in [0, 0.1) is 57.2 Å². The molecule has 5 rings (SSSR count). The van der Waals surface area contributed by atoms with Gasteiger partial charge in [0.15, 0.2) is 0 Å². The van der Waals surface area contributed by atoms with Gasteiger partial charge in [-0.3, -0.25) is 0 Å². The van der Waals surface area contributed by atoms with E-state index in [1.54, 1.807) is 0 Å². The van der Waals surface area contributed by atoms with Crippen molar-refractivity contribution in [1.82, 2.24) is 0 Å². The molecule has 5 fully saturated rings. The van der Waals surface area contributed by atoms with Crippen molar-refractivity contribution < 1.29 is 10.2 Å². The number of allylic oxidation sites excluding steroid dienone is 1. The minimum atomic E-state index is -0.704. The maximum absolute atomic E-state index is 11.6. The molecule has 0 aromatic carbocycles. The van der Waals surface area contributed by atoms with Crippen LogP contribution in [0.1, 0.15) is 78.1 Å². The molecule has 2 N–H and O–H groups in total. The second-order valence-electron chi connectivity index (χ2n) is 11.6. The van der Waals surface area contributed by atoms with Crippen LogP contribution in [0.2, 0.25) is 0 Å². The van der Waals surface area contributed by atoms with E-state index in [2.05, 4.69) is 26.5 Å². The third kappa shape index (κ3) is 1.98. The summed E-state index contributed by atoms with van der Waals surface area (Å²) in [6.07, 6.45) is 11.5. The smallest absolute Gasteiger partial charge is 0.0728 e. The number of nitrogens with zero attached hydrogens (tertiary/aromatic N) is 1. The van der Waals surface area contributed by atoms with Crippen molar-refractivity contribution in [1.29, 1.82) is 5.26 Å². The van der Waals surface area contributed by atoms with Gasteiger partial charge in [0.05, 0.1) is 23.2 Å². The van der Waals surface area contributed by atoms with Gasteiger partial charge in [-0.25, -0.2) is 0 Å². The highest BCUT2D eigenvalue weighted by Gasteiger charge is 2.74. The predicted molar refractivity (Wildman–Crippen MR) is 109 cm³/mol. The zero-order valence-electron chi connectivity index (χ0n) is 17.7. The second kappa shape index (κ2) is 5.86. The predicted octanol–water partition coefficient (Wildman–Crippen LogP) is 4.84. The Kier molecular flexibility index (Phi) is 4.00. The highest BCUT2D eigenvalue weighted by Crippen LogP contribution is 2.78. The summed E-state index contributed by atoms with van der Waals surface area (Å²) in [5.41, 5.74) is -0.926. The van der Waals surface area contributed by atoms with Crippen molar-refractivity contribution in [3.8, 4) is 6.07 Å². The Labute approximate surface area is 170 Å². The molecule has 0 aromatic heterocycles. The number of rotatable bonds is 2. The molecule has 5 aliphatic rings. The van der Waals surface area contributed by atoms with Crippen molar-refractivity contribution >= 4 is 0 Å². The number of nitriles is 1. The molecule has 0 amide bonds. The van der Waals surface area contributed by atoms with Crippen LogP contribution >= 0.6 is 0 Å². The van der Waals surface area contributed by atoms with Gasteiger partial charge in [-0.15, -0.1) is 6.58 Å². The Bertz CT molecular complexity index is 729. The van der Waals surface area contributed by atoms with E-state index in [1.165, 1.54) is 12.8 Å². The minimum Gasteiger partial charge on any atom is -0.393 e. The molecule has 5 saturated carbocycles. The molecule has 0 bridgehead atoms. The van der Waals surface area contributed by atoms with Crippen molar-refractivity contribution in [2.45, 2.75) is 89.8 Å². The fourth-order valence-electron chi connectivity index (χ4n) is 9.65. The van der Waals surface area contributed by atoms with Crippen LogP contribution in [0.25, 0.3) is 0 Å². The summed E-state index contributed by atoms with van der Waals surface area (Å²) in [6.45, 7) is 8.79. The van der Waals surface area contributed by atoms with Gasteiger partial charge in [0.2, 0.25) is 0 Å². The summed E-state index contributed by atoms with van der Waals surface area (Å²) in [6, 6.07) is 2.87. The quantitative estimate of drug-likeness (QED) is 0.671. The maximum atomic E-state index is 11.6. The van der Waals surface area contributed by atoms with Gasteiger partial charge in [-0.2, -0.15) is 5.26 Å². The van der Waals surface area contributed by atoms with E-state index in [-0.39, 0.29) is 22.3 Å². The maximum Gasteiger partial charge on any atom is 0.0728 e. The van der Waals surface area contributed by atoms with E-state index < -0.39 is 5.60 Å². The summed E-state index contributed by atoms with van der Waals surface area (Å²) >= 11 is 0. The molecule has 28 heavy (non-hydrogen) atoms. The van der Waals surface area contributed by atoms with Crippen LogP contribution < -0.4 is 0 Å². The van der Waals surface area contributed by atoms with E-state index in [9.17, 15) is 15.5 Å².